The molecule has 0 bridgehead atoms. The summed E-state index contributed by atoms with van der Waals surface area (Å²) < 4.78 is 24.5. The number of aromatic nitrogens is 2. The molecule has 0 aliphatic carbocycles. The fourth-order valence-electron chi connectivity index (χ4n) is 1.35. The Hall–Kier alpha value is -0.880. The molecule has 0 aliphatic rings. The highest BCUT2D eigenvalue weighted by atomic mass is 32.2. The minimum absolute atomic E-state index is 0.101. The van der Waals surface area contributed by atoms with Gasteiger partial charge in [-0.1, -0.05) is 6.92 Å². The summed E-state index contributed by atoms with van der Waals surface area (Å²) in [7, 11) is -2.96. The highest BCUT2D eigenvalue weighted by Crippen LogP contribution is 2.00. The Balaban J connectivity index is 2.57. The van der Waals surface area contributed by atoms with E-state index >= 15 is 0 Å². The van der Waals surface area contributed by atoms with Crippen molar-refractivity contribution in [1.82, 2.24) is 9.55 Å². The fraction of sp³-hybridized carbons (Fsp3) is 0.667. The molecule has 0 unspecified atom stereocenters. The van der Waals surface area contributed by atoms with Crippen LogP contribution in [0.4, 0.5) is 0 Å². The molecule has 0 saturated carbocycles. The van der Waals surface area contributed by atoms with E-state index in [2.05, 4.69) is 4.98 Å². The number of imidazole rings is 1. The first-order valence-electron chi connectivity index (χ1n) is 4.90. The van der Waals surface area contributed by atoms with Gasteiger partial charge in [0.15, 0.2) is 9.84 Å². The molecule has 6 heteroatoms. The molecule has 0 aromatic carbocycles. The van der Waals surface area contributed by atoms with Gasteiger partial charge in [0.1, 0.15) is 12.4 Å². The molecule has 0 saturated heterocycles. The van der Waals surface area contributed by atoms with E-state index in [0.29, 0.717) is 18.8 Å². The van der Waals surface area contributed by atoms with Gasteiger partial charge in [-0.25, -0.2) is 13.4 Å². The number of sulfone groups is 1. The van der Waals surface area contributed by atoms with E-state index < -0.39 is 9.84 Å². The van der Waals surface area contributed by atoms with Crippen molar-refractivity contribution in [3.63, 3.8) is 0 Å². The quantitative estimate of drug-likeness (QED) is 0.760. The summed E-state index contributed by atoms with van der Waals surface area (Å²) in [5, 5.41) is 8.91. The number of aliphatic hydroxyl groups excluding tert-OH is 1. The first-order chi connectivity index (χ1) is 7.09. The monoisotopic (exact) mass is 232 g/mol. The molecular weight excluding hydrogens is 216 g/mol. The first-order valence-corrected chi connectivity index (χ1v) is 6.72. The van der Waals surface area contributed by atoms with Crippen LogP contribution in [0.5, 0.6) is 0 Å². The molecule has 1 aromatic rings. The van der Waals surface area contributed by atoms with Gasteiger partial charge >= 0.3 is 0 Å². The smallest absolute Gasteiger partial charge is 0.152 e. The lowest BCUT2D eigenvalue weighted by molar-refractivity contribution is 0.265. The topological polar surface area (TPSA) is 72.2 Å². The maximum atomic E-state index is 11.4. The Morgan fingerprint density at radius 2 is 2.20 bits per heavy atom. The van der Waals surface area contributed by atoms with Crippen LogP contribution in [-0.2, 0) is 23.0 Å². The van der Waals surface area contributed by atoms with Crippen LogP contribution in [-0.4, -0.2) is 34.6 Å². The molecule has 5 nitrogen and oxygen atoms in total. The van der Waals surface area contributed by atoms with Gasteiger partial charge in [0, 0.05) is 24.7 Å². The van der Waals surface area contributed by atoms with Crippen molar-refractivity contribution in [2.24, 2.45) is 0 Å². The average Bonchev–Trinajstić information content (AvgIpc) is 2.62. The minimum atomic E-state index is -2.96. The lowest BCUT2D eigenvalue weighted by Crippen LogP contribution is -2.16. The number of hydrogen-bond donors (Lipinski definition) is 1. The van der Waals surface area contributed by atoms with E-state index in [1.807, 2.05) is 6.92 Å². The Morgan fingerprint density at radius 1 is 1.47 bits per heavy atom. The Kier molecular flexibility index (Phi) is 4.28. The van der Waals surface area contributed by atoms with Crippen LogP contribution in [0, 0.1) is 0 Å². The van der Waals surface area contributed by atoms with Gasteiger partial charge in [0.05, 0.1) is 5.75 Å². The summed E-state index contributed by atoms with van der Waals surface area (Å²) in [6.07, 6.45) is 3.87. The van der Waals surface area contributed by atoms with Crippen LogP contribution >= 0.6 is 0 Å². The number of aliphatic hydroxyl groups is 1. The molecule has 15 heavy (non-hydrogen) atoms. The van der Waals surface area contributed by atoms with E-state index in [1.54, 1.807) is 17.0 Å². The average molecular weight is 232 g/mol. The van der Waals surface area contributed by atoms with Gasteiger partial charge < -0.3 is 9.67 Å². The van der Waals surface area contributed by atoms with Gasteiger partial charge in [0.25, 0.3) is 0 Å². The van der Waals surface area contributed by atoms with E-state index in [9.17, 15) is 8.42 Å². The third-order valence-electron chi connectivity index (χ3n) is 2.10. The molecule has 86 valence electrons. The summed E-state index contributed by atoms with van der Waals surface area (Å²) in [6, 6.07) is 0. The van der Waals surface area contributed by atoms with Crippen LogP contribution in [0.3, 0.4) is 0 Å². The van der Waals surface area contributed by atoms with Crippen molar-refractivity contribution in [3.05, 3.63) is 18.2 Å². The van der Waals surface area contributed by atoms with Crippen LogP contribution in [0.1, 0.15) is 19.2 Å². The van der Waals surface area contributed by atoms with Gasteiger partial charge in [0.2, 0.25) is 0 Å². The molecule has 0 fully saturated rings. The predicted octanol–water partition coefficient (Wildman–Crippen LogP) is 0.200. The fourth-order valence-corrected chi connectivity index (χ4v) is 2.65. The second kappa shape index (κ2) is 5.27. The van der Waals surface area contributed by atoms with Gasteiger partial charge in [-0.05, 0) is 6.42 Å². The molecule has 1 rings (SSSR count). The molecule has 0 amide bonds. The third-order valence-corrected chi connectivity index (χ3v) is 3.94. The zero-order valence-corrected chi connectivity index (χ0v) is 9.57. The summed E-state index contributed by atoms with van der Waals surface area (Å²) in [5.74, 6) is 0.821. The van der Waals surface area contributed by atoms with Crippen LogP contribution in [0.2, 0.25) is 0 Å². The van der Waals surface area contributed by atoms with E-state index in [-0.39, 0.29) is 18.1 Å². The lowest BCUT2D eigenvalue weighted by Gasteiger charge is -2.06. The summed E-state index contributed by atoms with van der Waals surface area (Å²) in [6.45, 7) is 2.03. The summed E-state index contributed by atoms with van der Waals surface area (Å²) in [4.78, 5) is 3.90. The number of nitrogens with zero attached hydrogens (tertiary/aromatic N) is 2. The van der Waals surface area contributed by atoms with Crippen molar-refractivity contribution in [3.8, 4) is 0 Å². The molecule has 0 atom stereocenters. The van der Waals surface area contributed by atoms with Crippen molar-refractivity contribution in [2.75, 3.05) is 11.5 Å². The van der Waals surface area contributed by atoms with E-state index in [0.717, 1.165) is 0 Å². The van der Waals surface area contributed by atoms with Crippen molar-refractivity contribution < 1.29 is 13.5 Å². The van der Waals surface area contributed by atoms with Gasteiger partial charge in [-0.15, -0.1) is 0 Å². The van der Waals surface area contributed by atoms with Crippen LogP contribution in [0.25, 0.3) is 0 Å². The Morgan fingerprint density at radius 3 is 2.80 bits per heavy atom. The molecule has 1 N–H and O–H groups in total. The highest BCUT2D eigenvalue weighted by Gasteiger charge is 2.10. The number of rotatable bonds is 6. The highest BCUT2D eigenvalue weighted by molar-refractivity contribution is 7.91. The molecule has 0 spiro atoms. The summed E-state index contributed by atoms with van der Waals surface area (Å²) in [5.41, 5.74) is 0. The predicted molar refractivity (Wildman–Crippen MR) is 57.1 cm³/mol. The zero-order chi connectivity index (χ0) is 11.3. The zero-order valence-electron chi connectivity index (χ0n) is 8.76. The summed E-state index contributed by atoms with van der Waals surface area (Å²) >= 11 is 0. The number of aryl methyl sites for hydroxylation is 1. The van der Waals surface area contributed by atoms with Crippen molar-refractivity contribution in [1.29, 1.82) is 0 Å². The van der Waals surface area contributed by atoms with Gasteiger partial charge in [-0.3, -0.25) is 0 Å². The van der Waals surface area contributed by atoms with Gasteiger partial charge in [-0.2, -0.15) is 0 Å². The molecule has 1 heterocycles. The minimum Gasteiger partial charge on any atom is -0.388 e. The third kappa shape index (κ3) is 3.64. The lowest BCUT2D eigenvalue weighted by atomic mass is 10.6. The van der Waals surface area contributed by atoms with Crippen molar-refractivity contribution in [2.45, 2.75) is 26.5 Å². The molecule has 0 radical (unpaired) electrons. The molecule has 0 aliphatic heterocycles. The Labute approximate surface area is 89.7 Å². The van der Waals surface area contributed by atoms with E-state index in [1.165, 1.54) is 0 Å². The number of hydrogen-bond acceptors (Lipinski definition) is 4. The largest absolute Gasteiger partial charge is 0.388 e. The second-order valence-corrected chi connectivity index (χ2v) is 5.65. The Bertz CT molecular complexity index is 397. The SMILES string of the molecule is CCCS(=O)(=O)CCn1ccnc1CO. The van der Waals surface area contributed by atoms with E-state index in [4.69, 9.17) is 5.11 Å². The normalized spacial score (nSPS) is 11.9. The van der Waals surface area contributed by atoms with Crippen LogP contribution < -0.4 is 0 Å². The van der Waals surface area contributed by atoms with Crippen LogP contribution in [0.15, 0.2) is 12.4 Å². The standard InChI is InChI=1S/C9H16N2O3S/c1-2-6-15(13,14)7-5-11-4-3-10-9(11)8-12/h3-4,12H,2,5-8H2,1H3. The first kappa shape index (κ1) is 12.2. The maximum Gasteiger partial charge on any atom is 0.152 e. The second-order valence-electron chi connectivity index (χ2n) is 3.35. The maximum absolute atomic E-state index is 11.4. The van der Waals surface area contributed by atoms with Crippen molar-refractivity contribution >= 4 is 9.84 Å². The molecule has 1 aromatic heterocycles. The molecular formula is C9H16N2O3S.